The van der Waals surface area contributed by atoms with E-state index in [0.29, 0.717) is 5.56 Å². The first-order chi connectivity index (χ1) is 9.04. The molecule has 0 aliphatic heterocycles. The molecule has 100 valence electrons. The first kappa shape index (κ1) is 13.3. The first-order valence-electron chi connectivity index (χ1n) is 5.33. The van der Waals surface area contributed by atoms with Gasteiger partial charge in [-0.2, -0.15) is 0 Å². The first-order valence-corrected chi connectivity index (χ1v) is 5.77. The molecule has 19 heavy (non-hydrogen) atoms. The van der Waals surface area contributed by atoms with Crippen molar-refractivity contribution in [2.45, 2.75) is 12.3 Å². The fourth-order valence-corrected chi connectivity index (χ4v) is 1.64. The van der Waals surface area contributed by atoms with Crippen molar-refractivity contribution in [3.63, 3.8) is 0 Å². The van der Waals surface area contributed by atoms with Gasteiger partial charge in [0.2, 0.25) is 11.6 Å². The van der Waals surface area contributed by atoms with Crippen LogP contribution in [0.2, 0.25) is 0 Å². The SMILES string of the molecule is COc1c(-c2nnc(C(C)Cl)o2)cccc1[N+](=O)[O-]. The second kappa shape index (κ2) is 5.23. The number of hydrogen-bond acceptors (Lipinski definition) is 6. The summed E-state index contributed by atoms with van der Waals surface area (Å²) in [6, 6.07) is 4.45. The fourth-order valence-electron chi connectivity index (χ4n) is 1.56. The van der Waals surface area contributed by atoms with E-state index in [0.717, 1.165) is 0 Å². The summed E-state index contributed by atoms with van der Waals surface area (Å²) >= 11 is 5.82. The third-order valence-electron chi connectivity index (χ3n) is 2.41. The number of halogens is 1. The molecule has 2 rings (SSSR count). The molecule has 1 aromatic carbocycles. The van der Waals surface area contributed by atoms with Crippen LogP contribution in [0.3, 0.4) is 0 Å². The van der Waals surface area contributed by atoms with Gasteiger partial charge in [-0.05, 0) is 13.0 Å². The van der Waals surface area contributed by atoms with E-state index in [9.17, 15) is 10.1 Å². The highest BCUT2D eigenvalue weighted by Crippen LogP contribution is 2.37. The van der Waals surface area contributed by atoms with Crippen molar-refractivity contribution in [2.75, 3.05) is 7.11 Å². The van der Waals surface area contributed by atoms with E-state index in [-0.39, 0.29) is 23.2 Å². The van der Waals surface area contributed by atoms with Gasteiger partial charge in [0, 0.05) is 6.07 Å². The number of nitro groups is 1. The molecule has 0 saturated carbocycles. The van der Waals surface area contributed by atoms with Gasteiger partial charge in [-0.15, -0.1) is 21.8 Å². The summed E-state index contributed by atoms with van der Waals surface area (Å²) in [6.45, 7) is 1.68. The molecule has 1 heterocycles. The predicted octanol–water partition coefficient (Wildman–Crippen LogP) is 2.95. The minimum atomic E-state index is -0.538. The van der Waals surface area contributed by atoms with Gasteiger partial charge < -0.3 is 9.15 Å². The molecule has 0 fully saturated rings. The second-order valence-electron chi connectivity index (χ2n) is 3.68. The lowest BCUT2D eigenvalue weighted by molar-refractivity contribution is -0.385. The molecule has 0 aliphatic carbocycles. The molecule has 1 aromatic heterocycles. The smallest absolute Gasteiger partial charge is 0.311 e. The summed E-state index contributed by atoms with van der Waals surface area (Å²) in [6.07, 6.45) is 0. The van der Waals surface area contributed by atoms with Crippen LogP contribution in [-0.4, -0.2) is 22.2 Å². The number of para-hydroxylation sites is 1. The molecule has 0 aliphatic rings. The molecular formula is C11H10ClN3O4. The van der Waals surface area contributed by atoms with Crippen LogP contribution in [0, 0.1) is 10.1 Å². The van der Waals surface area contributed by atoms with E-state index >= 15 is 0 Å². The van der Waals surface area contributed by atoms with Crippen molar-refractivity contribution in [2.24, 2.45) is 0 Å². The average molecular weight is 284 g/mol. The summed E-state index contributed by atoms with van der Waals surface area (Å²) in [5, 5.41) is 18.1. The molecule has 0 bridgehead atoms. The Kier molecular flexibility index (Phi) is 3.66. The Morgan fingerprint density at radius 3 is 2.74 bits per heavy atom. The van der Waals surface area contributed by atoms with Crippen LogP contribution in [0.15, 0.2) is 22.6 Å². The van der Waals surface area contributed by atoms with E-state index in [1.165, 1.54) is 19.2 Å². The van der Waals surface area contributed by atoms with Crippen molar-refractivity contribution in [3.05, 3.63) is 34.2 Å². The highest BCUT2D eigenvalue weighted by molar-refractivity contribution is 6.20. The molecule has 1 unspecified atom stereocenters. The van der Waals surface area contributed by atoms with E-state index < -0.39 is 10.3 Å². The molecule has 2 aromatic rings. The second-order valence-corrected chi connectivity index (χ2v) is 4.33. The van der Waals surface area contributed by atoms with Crippen molar-refractivity contribution in [3.8, 4) is 17.2 Å². The number of rotatable bonds is 4. The number of ether oxygens (including phenoxy) is 1. The van der Waals surface area contributed by atoms with Crippen LogP contribution >= 0.6 is 11.6 Å². The maximum atomic E-state index is 10.9. The Bertz CT molecular complexity index is 612. The summed E-state index contributed by atoms with van der Waals surface area (Å²) in [4.78, 5) is 10.4. The van der Waals surface area contributed by atoms with E-state index in [1.807, 2.05) is 0 Å². The van der Waals surface area contributed by atoms with Gasteiger partial charge in [0.05, 0.1) is 17.6 Å². The summed E-state index contributed by atoms with van der Waals surface area (Å²) in [5.41, 5.74) is 0.187. The number of benzene rings is 1. The highest BCUT2D eigenvalue weighted by atomic mass is 35.5. The Morgan fingerprint density at radius 1 is 1.47 bits per heavy atom. The van der Waals surface area contributed by atoms with E-state index in [1.54, 1.807) is 13.0 Å². The number of nitro benzene ring substituents is 1. The predicted molar refractivity (Wildman–Crippen MR) is 67.2 cm³/mol. The zero-order valence-electron chi connectivity index (χ0n) is 10.2. The van der Waals surface area contributed by atoms with Gasteiger partial charge in [0.15, 0.2) is 0 Å². The van der Waals surface area contributed by atoms with Crippen molar-refractivity contribution in [1.29, 1.82) is 0 Å². The van der Waals surface area contributed by atoms with E-state index in [2.05, 4.69) is 10.2 Å². The highest BCUT2D eigenvalue weighted by Gasteiger charge is 2.23. The molecule has 0 N–H and O–H groups in total. The van der Waals surface area contributed by atoms with Gasteiger partial charge >= 0.3 is 5.69 Å². The number of hydrogen-bond donors (Lipinski definition) is 0. The van der Waals surface area contributed by atoms with Gasteiger partial charge in [-0.3, -0.25) is 10.1 Å². The van der Waals surface area contributed by atoms with Crippen LogP contribution in [0.25, 0.3) is 11.5 Å². The fraction of sp³-hybridized carbons (Fsp3) is 0.273. The molecule has 7 nitrogen and oxygen atoms in total. The van der Waals surface area contributed by atoms with Gasteiger partial charge in [0.25, 0.3) is 5.89 Å². The molecule has 0 spiro atoms. The lowest BCUT2D eigenvalue weighted by Gasteiger charge is -2.05. The number of nitrogens with zero attached hydrogens (tertiary/aromatic N) is 3. The quantitative estimate of drug-likeness (QED) is 0.486. The van der Waals surface area contributed by atoms with Crippen LogP contribution < -0.4 is 4.74 Å². The maximum absolute atomic E-state index is 10.9. The maximum Gasteiger partial charge on any atom is 0.311 e. The zero-order chi connectivity index (χ0) is 14.0. The van der Waals surface area contributed by atoms with Gasteiger partial charge in [0.1, 0.15) is 5.38 Å². The molecule has 1 atom stereocenters. The number of methoxy groups -OCH3 is 1. The average Bonchev–Trinajstić information content (AvgIpc) is 2.87. The van der Waals surface area contributed by atoms with Crippen LogP contribution in [0.1, 0.15) is 18.2 Å². The van der Waals surface area contributed by atoms with Crippen LogP contribution in [0.4, 0.5) is 5.69 Å². The Balaban J connectivity index is 2.54. The Hall–Kier alpha value is -2.15. The monoisotopic (exact) mass is 283 g/mol. The number of aromatic nitrogens is 2. The lowest BCUT2D eigenvalue weighted by atomic mass is 10.1. The van der Waals surface area contributed by atoms with Crippen molar-refractivity contribution < 1.29 is 14.1 Å². The van der Waals surface area contributed by atoms with Gasteiger partial charge in [-0.1, -0.05) is 6.07 Å². The molecule has 0 radical (unpaired) electrons. The van der Waals surface area contributed by atoms with Crippen LogP contribution in [-0.2, 0) is 0 Å². The molecule has 8 heteroatoms. The zero-order valence-corrected chi connectivity index (χ0v) is 10.9. The Morgan fingerprint density at radius 2 is 2.21 bits per heavy atom. The molecular weight excluding hydrogens is 274 g/mol. The summed E-state index contributed by atoms with van der Waals surface area (Å²) < 4.78 is 10.4. The standard InChI is InChI=1S/C11H10ClN3O4/c1-6(12)10-13-14-11(19-10)7-4-3-5-8(15(16)17)9(7)18-2/h3-6H,1-2H3. The normalized spacial score (nSPS) is 12.2. The lowest BCUT2D eigenvalue weighted by Crippen LogP contribution is -1.95. The largest absolute Gasteiger partial charge is 0.490 e. The van der Waals surface area contributed by atoms with Gasteiger partial charge in [-0.25, -0.2) is 0 Å². The summed E-state index contributed by atoms with van der Waals surface area (Å²) in [7, 11) is 1.34. The van der Waals surface area contributed by atoms with Crippen molar-refractivity contribution in [1.82, 2.24) is 10.2 Å². The third-order valence-corrected chi connectivity index (χ3v) is 2.59. The Labute approximate surface area is 113 Å². The topological polar surface area (TPSA) is 91.3 Å². The number of alkyl halides is 1. The molecule has 0 saturated heterocycles. The third kappa shape index (κ3) is 2.50. The molecule has 0 amide bonds. The van der Waals surface area contributed by atoms with Crippen LogP contribution in [0.5, 0.6) is 5.75 Å². The van der Waals surface area contributed by atoms with Crippen molar-refractivity contribution >= 4 is 17.3 Å². The summed E-state index contributed by atoms with van der Waals surface area (Å²) in [5.74, 6) is 0.443. The van der Waals surface area contributed by atoms with E-state index in [4.69, 9.17) is 20.8 Å². The minimum Gasteiger partial charge on any atom is -0.490 e. The minimum absolute atomic E-state index is 0.0740.